The van der Waals surface area contributed by atoms with Gasteiger partial charge in [0.2, 0.25) is 0 Å². The van der Waals surface area contributed by atoms with E-state index in [1.807, 2.05) is 0 Å². The Balaban J connectivity index is 1.58. The van der Waals surface area contributed by atoms with Gasteiger partial charge < -0.3 is 0 Å². The van der Waals surface area contributed by atoms with Gasteiger partial charge in [-0.25, -0.2) is 9.13 Å². The number of aryl methyl sites for hydroxylation is 1. The third kappa shape index (κ3) is 20.5. The molecule has 0 aliphatic carbocycles. The van der Waals surface area contributed by atoms with Crippen LogP contribution in [0.15, 0.2) is 42.7 Å². The van der Waals surface area contributed by atoms with Gasteiger partial charge in [0, 0.05) is 6.42 Å². The van der Waals surface area contributed by atoms with E-state index in [0.717, 1.165) is 6.54 Å². The van der Waals surface area contributed by atoms with E-state index < -0.39 is 0 Å². The third-order valence-corrected chi connectivity index (χ3v) is 9.79. The van der Waals surface area contributed by atoms with Gasteiger partial charge in [0.15, 0.2) is 0 Å². The zero-order chi connectivity index (χ0) is 31.2. The average molecular weight is 608 g/mol. The lowest BCUT2D eigenvalue weighted by Crippen LogP contribution is -2.37. The van der Waals surface area contributed by atoms with Crippen molar-refractivity contribution >= 4 is 0 Å². The van der Waals surface area contributed by atoms with Crippen molar-refractivity contribution in [3.63, 3.8) is 0 Å². The standard InChI is InChI=1S/C42H75N2/c1-3-5-7-9-11-13-15-17-18-19-21-23-25-27-32-36-42-43(38-39-44(42)40-41-34-30-29-31-35-41)37-33-28-26-24-22-20-16-14-12-10-8-6-4-2/h29-31,34-35,38-39H,3-28,32-33,36-37,40H2,1-2H3/q+1. The highest BCUT2D eigenvalue weighted by Crippen LogP contribution is 2.16. The van der Waals surface area contributed by atoms with Gasteiger partial charge in [-0.1, -0.05) is 205 Å². The van der Waals surface area contributed by atoms with Crippen molar-refractivity contribution in [2.45, 2.75) is 213 Å². The minimum Gasteiger partial charge on any atom is -0.234 e. The van der Waals surface area contributed by atoms with Crippen molar-refractivity contribution in [1.29, 1.82) is 0 Å². The van der Waals surface area contributed by atoms with E-state index in [9.17, 15) is 0 Å². The Morgan fingerprint density at radius 3 is 1.27 bits per heavy atom. The molecule has 0 N–H and O–H groups in total. The maximum atomic E-state index is 2.59. The van der Waals surface area contributed by atoms with Gasteiger partial charge in [-0.3, -0.25) is 0 Å². The van der Waals surface area contributed by atoms with E-state index in [-0.39, 0.29) is 0 Å². The third-order valence-electron chi connectivity index (χ3n) is 9.79. The van der Waals surface area contributed by atoms with Crippen LogP contribution in [-0.2, 0) is 19.5 Å². The highest BCUT2D eigenvalue weighted by atomic mass is 15.1. The zero-order valence-electron chi connectivity index (χ0n) is 29.9. The fraction of sp³-hybridized carbons (Fsp3) is 0.786. The molecular formula is C42H75N2+. The van der Waals surface area contributed by atoms with E-state index in [0.29, 0.717) is 0 Å². The molecule has 0 fully saturated rings. The van der Waals surface area contributed by atoms with Crippen LogP contribution in [0.1, 0.15) is 205 Å². The molecule has 1 aromatic carbocycles. The molecule has 2 nitrogen and oxygen atoms in total. The first kappa shape index (κ1) is 38.6. The van der Waals surface area contributed by atoms with E-state index in [2.05, 4.69) is 65.7 Å². The molecule has 0 atom stereocenters. The first-order chi connectivity index (χ1) is 21.8. The largest absolute Gasteiger partial charge is 0.256 e. The molecule has 252 valence electrons. The van der Waals surface area contributed by atoms with E-state index in [4.69, 9.17) is 0 Å². The highest BCUT2D eigenvalue weighted by molar-refractivity contribution is 5.15. The summed E-state index contributed by atoms with van der Waals surface area (Å²) >= 11 is 0. The summed E-state index contributed by atoms with van der Waals surface area (Å²) in [7, 11) is 0. The van der Waals surface area contributed by atoms with E-state index in [1.54, 1.807) is 5.82 Å². The predicted octanol–water partition coefficient (Wildman–Crippen LogP) is 13.3. The number of benzene rings is 1. The number of aromatic nitrogens is 2. The second-order valence-electron chi connectivity index (χ2n) is 14.0. The molecule has 0 radical (unpaired) electrons. The van der Waals surface area contributed by atoms with Crippen molar-refractivity contribution in [2.24, 2.45) is 0 Å². The van der Waals surface area contributed by atoms with Crippen molar-refractivity contribution < 1.29 is 4.57 Å². The molecular weight excluding hydrogens is 532 g/mol. The van der Waals surface area contributed by atoms with Crippen molar-refractivity contribution in [3.8, 4) is 0 Å². The van der Waals surface area contributed by atoms with Crippen LogP contribution < -0.4 is 4.57 Å². The zero-order valence-corrected chi connectivity index (χ0v) is 29.9. The Labute approximate surface area is 275 Å². The minimum atomic E-state index is 1.00. The van der Waals surface area contributed by atoms with Crippen molar-refractivity contribution in [1.82, 2.24) is 4.57 Å². The molecule has 0 unspecified atom stereocenters. The molecule has 0 saturated carbocycles. The van der Waals surface area contributed by atoms with E-state index >= 15 is 0 Å². The van der Waals surface area contributed by atoms with Crippen LogP contribution in [0.25, 0.3) is 0 Å². The molecule has 2 heteroatoms. The first-order valence-electron chi connectivity index (χ1n) is 20.0. The van der Waals surface area contributed by atoms with Gasteiger partial charge in [0.25, 0.3) is 5.82 Å². The van der Waals surface area contributed by atoms with Crippen LogP contribution in [0.3, 0.4) is 0 Å². The lowest BCUT2D eigenvalue weighted by molar-refractivity contribution is -0.704. The number of rotatable bonds is 32. The van der Waals surface area contributed by atoms with Crippen molar-refractivity contribution in [2.75, 3.05) is 0 Å². The monoisotopic (exact) mass is 608 g/mol. The van der Waals surface area contributed by atoms with Gasteiger partial charge in [0.1, 0.15) is 18.9 Å². The maximum absolute atomic E-state index is 2.59. The number of nitrogens with zero attached hydrogens (tertiary/aromatic N) is 2. The fourth-order valence-corrected chi connectivity index (χ4v) is 6.87. The summed E-state index contributed by atoms with van der Waals surface area (Å²) in [4.78, 5) is 0. The lowest BCUT2D eigenvalue weighted by Gasteiger charge is -2.07. The topological polar surface area (TPSA) is 8.81 Å². The smallest absolute Gasteiger partial charge is 0.234 e. The van der Waals surface area contributed by atoms with Crippen LogP contribution in [-0.4, -0.2) is 4.57 Å². The number of hydrogen-bond donors (Lipinski definition) is 0. The Bertz CT molecular complexity index is 854. The first-order valence-corrected chi connectivity index (χ1v) is 20.0. The number of unbranched alkanes of at least 4 members (excludes halogenated alkanes) is 26. The Hall–Kier alpha value is -1.57. The number of hydrogen-bond acceptors (Lipinski definition) is 0. The molecule has 1 aromatic heterocycles. The molecule has 44 heavy (non-hydrogen) atoms. The van der Waals surface area contributed by atoms with Crippen LogP contribution in [0.5, 0.6) is 0 Å². The summed E-state index contributed by atoms with van der Waals surface area (Å²) in [5, 5.41) is 0. The van der Waals surface area contributed by atoms with E-state index in [1.165, 1.54) is 198 Å². The van der Waals surface area contributed by atoms with Crippen molar-refractivity contribution in [3.05, 3.63) is 54.1 Å². The fourth-order valence-electron chi connectivity index (χ4n) is 6.87. The van der Waals surface area contributed by atoms with Crippen LogP contribution >= 0.6 is 0 Å². The molecule has 0 saturated heterocycles. The second kappa shape index (κ2) is 28.9. The lowest BCUT2D eigenvalue weighted by atomic mass is 10.0. The van der Waals surface area contributed by atoms with Crippen LogP contribution in [0.2, 0.25) is 0 Å². The second-order valence-corrected chi connectivity index (χ2v) is 14.0. The van der Waals surface area contributed by atoms with Gasteiger partial charge in [-0.15, -0.1) is 0 Å². The van der Waals surface area contributed by atoms with Gasteiger partial charge in [-0.05, 0) is 24.8 Å². The highest BCUT2D eigenvalue weighted by Gasteiger charge is 2.17. The summed E-state index contributed by atoms with van der Waals surface area (Å²) in [6.45, 7) is 6.80. The summed E-state index contributed by atoms with van der Waals surface area (Å²) in [5.74, 6) is 1.54. The Kier molecular flexibility index (Phi) is 25.3. The van der Waals surface area contributed by atoms with Gasteiger partial charge >= 0.3 is 0 Å². The van der Waals surface area contributed by atoms with Gasteiger partial charge in [-0.2, -0.15) is 0 Å². The quantitative estimate of drug-likeness (QED) is 0.0578. The molecule has 0 aliphatic rings. The molecule has 2 rings (SSSR count). The normalized spacial score (nSPS) is 11.5. The SMILES string of the molecule is CCCCCCCCCCCCCCCCCc1n(Cc2ccccc2)cc[n+]1CCCCCCCCCCCCCCC. The molecule has 0 amide bonds. The number of imidazole rings is 1. The molecule has 0 aliphatic heterocycles. The molecule has 0 bridgehead atoms. The molecule has 0 spiro atoms. The average Bonchev–Trinajstić information content (AvgIpc) is 3.42. The van der Waals surface area contributed by atoms with Crippen LogP contribution in [0, 0.1) is 0 Å². The molecule has 2 aromatic rings. The maximum Gasteiger partial charge on any atom is 0.256 e. The Morgan fingerprint density at radius 2 is 0.841 bits per heavy atom. The van der Waals surface area contributed by atoms with Crippen LogP contribution in [0.4, 0.5) is 0 Å². The predicted molar refractivity (Wildman–Crippen MR) is 194 cm³/mol. The molecule has 1 heterocycles. The summed E-state index contributed by atoms with van der Waals surface area (Å²) in [6, 6.07) is 11.0. The van der Waals surface area contributed by atoms with Gasteiger partial charge in [0.05, 0.1) is 6.54 Å². The summed E-state index contributed by atoms with van der Waals surface area (Å²) in [6.07, 6.45) is 45.9. The Morgan fingerprint density at radius 1 is 0.455 bits per heavy atom. The minimum absolute atomic E-state index is 1.00. The summed E-state index contributed by atoms with van der Waals surface area (Å²) < 4.78 is 5.12. The summed E-state index contributed by atoms with van der Waals surface area (Å²) in [5.41, 5.74) is 1.41.